The van der Waals surface area contributed by atoms with Crippen molar-refractivity contribution in [1.82, 2.24) is 15.2 Å². The Labute approximate surface area is 215 Å². The van der Waals surface area contributed by atoms with E-state index in [1.54, 1.807) is 18.2 Å². The summed E-state index contributed by atoms with van der Waals surface area (Å²) < 4.78 is 36.0. The number of halogens is 2. The molecule has 0 aliphatic carbocycles. The zero-order valence-corrected chi connectivity index (χ0v) is 20.9. The number of nitrogens with one attached hydrogen (secondary N) is 3. The quantitative estimate of drug-likeness (QED) is 0.483. The SMILES string of the molecule is C=CC(=C)N1CCCC(Nc2nc(Nc3ccc(N4CCOCC4C)c(F)c3)c3c(c2F)CNC3=O)C1. The molecule has 0 spiro atoms. The first-order valence-electron chi connectivity index (χ1n) is 12.6. The number of morpholine rings is 1. The molecule has 8 nitrogen and oxygen atoms in total. The molecule has 3 aliphatic heterocycles. The fraction of sp³-hybridized carbons (Fsp3) is 0.407. The zero-order chi connectivity index (χ0) is 26.1. The Morgan fingerprint density at radius 2 is 2.14 bits per heavy atom. The van der Waals surface area contributed by atoms with E-state index in [0.29, 0.717) is 37.7 Å². The average molecular weight is 511 g/mol. The van der Waals surface area contributed by atoms with Crippen molar-refractivity contribution in [2.24, 2.45) is 0 Å². The summed E-state index contributed by atoms with van der Waals surface area (Å²) in [7, 11) is 0. The number of piperidine rings is 1. The number of amides is 1. The van der Waals surface area contributed by atoms with E-state index in [-0.39, 0.29) is 41.4 Å². The first-order valence-corrected chi connectivity index (χ1v) is 12.6. The number of nitrogens with zero attached hydrogens (tertiary/aromatic N) is 3. The number of carbonyl (C=O) groups excluding carboxylic acids is 1. The van der Waals surface area contributed by atoms with Crippen LogP contribution in [0.1, 0.15) is 35.7 Å². The predicted octanol–water partition coefficient (Wildman–Crippen LogP) is 4.15. The van der Waals surface area contributed by atoms with E-state index in [1.165, 1.54) is 6.07 Å². The molecule has 2 aromatic rings. The van der Waals surface area contributed by atoms with Crippen molar-refractivity contribution >= 4 is 28.9 Å². The number of hydrogen-bond acceptors (Lipinski definition) is 7. The zero-order valence-electron chi connectivity index (χ0n) is 20.9. The highest BCUT2D eigenvalue weighted by Gasteiger charge is 2.31. The number of likely N-dealkylation sites (tertiary alicyclic amines) is 1. The summed E-state index contributed by atoms with van der Waals surface area (Å²) in [5, 5.41) is 8.95. The van der Waals surface area contributed by atoms with Crippen LogP contribution in [0.4, 0.5) is 31.8 Å². The largest absolute Gasteiger partial charge is 0.377 e. The molecular weight excluding hydrogens is 478 g/mol. The summed E-state index contributed by atoms with van der Waals surface area (Å²) >= 11 is 0. The number of fused-ring (bicyclic) bond motifs is 1. The van der Waals surface area contributed by atoms with E-state index < -0.39 is 17.5 Å². The topological polar surface area (TPSA) is 81.8 Å². The molecule has 2 unspecified atom stereocenters. The smallest absolute Gasteiger partial charge is 0.255 e. The number of anilines is 4. The van der Waals surface area contributed by atoms with Gasteiger partial charge in [0.1, 0.15) is 11.6 Å². The molecule has 1 amide bonds. The fourth-order valence-corrected chi connectivity index (χ4v) is 5.18. The van der Waals surface area contributed by atoms with Crippen molar-refractivity contribution in [2.75, 3.05) is 48.4 Å². The van der Waals surface area contributed by atoms with Crippen molar-refractivity contribution < 1.29 is 18.3 Å². The van der Waals surface area contributed by atoms with Gasteiger partial charge in [-0.2, -0.15) is 0 Å². The first-order chi connectivity index (χ1) is 17.9. The second-order valence-electron chi connectivity index (χ2n) is 9.69. The lowest BCUT2D eigenvalue weighted by Crippen LogP contribution is -2.44. The minimum atomic E-state index is -0.554. The molecule has 2 atom stereocenters. The van der Waals surface area contributed by atoms with Crippen LogP contribution in [0.2, 0.25) is 0 Å². The van der Waals surface area contributed by atoms with Crippen molar-refractivity contribution in [2.45, 2.75) is 38.4 Å². The third-order valence-corrected chi connectivity index (χ3v) is 7.18. The van der Waals surface area contributed by atoms with Gasteiger partial charge in [0.2, 0.25) is 0 Å². The lowest BCUT2D eigenvalue weighted by Gasteiger charge is -2.35. The Hall–Kier alpha value is -3.66. The molecule has 0 radical (unpaired) electrons. The first kappa shape index (κ1) is 25.0. The van der Waals surface area contributed by atoms with Crippen LogP contribution in [-0.2, 0) is 11.3 Å². The number of ether oxygens (including phenoxy) is 1. The third-order valence-electron chi connectivity index (χ3n) is 7.18. The minimum Gasteiger partial charge on any atom is -0.377 e. The van der Waals surface area contributed by atoms with Gasteiger partial charge in [-0.15, -0.1) is 0 Å². The molecule has 2 fully saturated rings. The Morgan fingerprint density at radius 1 is 1.30 bits per heavy atom. The van der Waals surface area contributed by atoms with Gasteiger partial charge < -0.3 is 30.5 Å². The monoisotopic (exact) mass is 510 g/mol. The van der Waals surface area contributed by atoms with Crippen LogP contribution < -0.4 is 20.9 Å². The summed E-state index contributed by atoms with van der Waals surface area (Å²) in [6.07, 6.45) is 3.46. The summed E-state index contributed by atoms with van der Waals surface area (Å²) in [6.45, 7) is 13.0. The van der Waals surface area contributed by atoms with Gasteiger partial charge in [-0.25, -0.2) is 13.8 Å². The van der Waals surface area contributed by atoms with Crippen molar-refractivity contribution in [3.63, 3.8) is 0 Å². The van der Waals surface area contributed by atoms with Gasteiger partial charge in [0, 0.05) is 55.2 Å². The number of carbonyl (C=O) groups is 1. The molecule has 3 N–H and O–H groups in total. The Balaban J connectivity index is 1.41. The number of allylic oxidation sites excluding steroid dienone is 1. The van der Waals surface area contributed by atoms with Crippen LogP contribution in [0, 0.1) is 11.6 Å². The average Bonchev–Trinajstić information content (AvgIpc) is 3.29. The third kappa shape index (κ3) is 4.98. The van der Waals surface area contributed by atoms with Crippen LogP contribution in [0.25, 0.3) is 0 Å². The maximum atomic E-state index is 15.4. The lowest BCUT2D eigenvalue weighted by molar-refractivity contribution is 0.0966. The molecule has 3 aliphatic rings. The van der Waals surface area contributed by atoms with Gasteiger partial charge in [0.15, 0.2) is 11.6 Å². The molecule has 2 saturated heterocycles. The number of hydrogen-bond donors (Lipinski definition) is 3. The molecule has 37 heavy (non-hydrogen) atoms. The molecule has 5 rings (SSSR count). The van der Waals surface area contributed by atoms with Crippen molar-refractivity contribution in [1.29, 1.82) is 0 Å². The highest BCUT2D eigenvalue weighted by atomic mass is 19.1. The second kappa shape index (κ2) is 10.4. The minimum absolute atomic E-state index is 0.0563. The van der Waals surface area contributed by atoms with Crippen molar-refractivity contribution in [3.8, 4) is 0 Å². The number of benzene rings is 1. The Morgan fingerprint density at radius 3 is 2.89 bits per heavy atom. The van der Waals surface area contributed by atoms with E-state index in [0.717, 1.165) is 25.1 Å². The van der Waals surface area contributed by atoms with Gasteiger partial charge in [0.05, 0.1) is 24.5 Å². The van der Waals surface area contributed by atoms with E-state index in [1.807, 2.05) is 11.8 Å². The molecule has 1 aromatic heterocycles. The van der Waals surface area contributed by atoms with E-state index >= 15 is 8.78 Å². The summed E-state index contributed by atoms with van der Waals surface area (Å²) in [5.41, 5.74) is 2.11. The Kier molecular flexibility index (Phi) is 7.01. The van der Waals surface area contributed by atoms with Gasteiger partial charge in [0.25, 0.3) is 5.91 Å². The van der Waals surface area contributed by atoms with E-state index in [4.69, 9.17) is 4.74 Å². The highest BCUT2D eigenvalue weighted by Crippen LogP contribution is 2.34. The van der Waals surface area contributed by atoms with Crippen LogP contribution in [0.5, 0.6) is 0 Å². The van der Waals surface area contributed by atoms with E-state index in [2.05, 4.69) is 39.0 Å². The number of rotatable bonds is 7. The molecule has 1 aromatic carbocycles. The van der Waals surface area contributed by atoms with Gasteiger partial charge in [-0.05, 0) is 44.0 Å². The van der Waals surface area contributed by atoms with Crippen LogP contribution in [-0.4, -0.2) is 60.7 Å². The summed E-state index contributed by atoms with van der Waals surface area (Å²) in [5.74, 6) is -1.12. The summed E-state index contributed by atoms with van der Waals surface area (Å²) in [4.78, 5) is 21.1. The predicted molar refractivity (Wildman–Crippen MR) is 140 cm³/mol. The molecule has 10 heteroatoms. The van der Waals surface area contributed by atoms with Gasteiger partial charge in [-0.1, -0.05) is 13.2 Å². The van der Waals surface area contributed by atoms with Gasteiger partial charge in [-0.3, -0.25) is 4.79 Å². The van der Waals surface area contributed by atoms with Crippen LogP contribution in [0.3, 0.4) is 0 Å². The Bertz CT molecular complexity index is 1240. The highest BCUT2D eigenvalue weighted by molar-refractivity contribution is 6.03. The van der Waals surface area contributed by atoms with Crippen LogP contribution >= 0.6 is 0 Å². The second-order valence-corrected chi connectivity index (χ2v) is 9.69. The summed E-state index contributed by atoms with van der Waals surface area (Å²) in [6, 6.07) is 4.80. The fourth-order valence-electron chi connectivity index (χ4n) is 5.18. The normalized spacial score (nSPS) is 21.3. The molecular formula is C27H32F2N6O2. The maximum Gasteiger partial charge on any atom is 0.255 e. The van der Waals surface area contributed by atoms with Gasteiger partial charge >= 0.3 is 0 Å². The molecule has 196 valence electrons. The standard InChI is InChI=1S/C27H32F2N6O2/c1-4-16(2)34-9-5-6-19(14-34)32-26-24(29)20-13-30-27(36)23(20)25(33-26)31-18-7-8-22(21(28)12-18)35-10-11-37-15-17(35)3/h4,7-8,12,17,19H,1-2,5-6,9-11,13-15H2,3H3,(H,30,36)(H2,31,32,33). The molecule has 0 saturated carbocycles. The lowest BCUT2D eigenvalue weighted by atomic mass is 10.0. The van der Waals surface area contributed by atoms with E-state index in [9.17, 15) is 4.79 Å². The van der Waals surface area contributed by atoms with Crippen LogP contribution in [0.15, 0.2) is 43.1 Å². The molecule has 0 bridgehead atoms. The number of aromatic nitrogens is 1. The maximum absolute atomic E-state index is 15.4. The van der Waals surface area contributed by atoms with Crippen molar-refractivity contribution in [3.05, 3.63) is 65.9 Å². The molecule has 4 heterocycles. The number of pyridine rings is 1.